The van der Waals surface area contributed by atoms with Crippen LogP contribution >= 0.6 is 0 Å². The van der Waals surface area contributed by atoms with Crippen LogP contribution in [0, 0.1) is 12.8 Å². The van der Waals surface area contributed by atoms with Gasteiger partial charge in [-0.15, -0.1) is 0 Å². The molecule has 0 saturated heterocycles. The van der Waals surface area contributed by atoms with Crippen LogP contribution in [0.2, 0.25) is 0 Å². The molecule has 0 radical (unpaired) electrons. The van der Waals surface area contributed by atoms with Crippen molar-refractivity contribution in [1.82, 2.24) is 20.5 Å². The van der Waals surface area contributed by atoms with Crippen molar-refractivity contribution < 1.29 is 9.59 Å². The predicted molar refractivity (Wildman–Crippen MR) is 92.2 cm³/mol. The van der Waals surface area contributed by atoms with E-state index in [0.717, 1.165) is 12.0 Å². The average molecular weight is 329 g/mol. The fourth-order valence-corrected chi connectivity index (χ4v) is 2.16. The van der Waals surface area contributed by atoms with Gasteiger partial charge in [0.25, 0.3) is 0 Å². The van der Waals surface area contributed by atoms with Gasteiger partial charge in [-0.1, -0.05) is 32.4 Å². The second-order valence-electron chi connectivity index (χ2n) is 5.93. The van der Waals surface area contributed by atoms with E-state index in [4.69, 9.17) is 0 Å². The zero-order valence-corrected chi connectivity index (χ0v) is 14.4. The quantitative estimate of drug-likeness (QED) is 0.733. The second-order valence-corrected chi connectivity index (χ2v) is 5.93. The minimum absolute atomic E-state index is 0.0594. The molecule has 0 spiro atoms. The van der Waals surface area contributed by atoms with Gasteiger partial charge in [-0.2, -0.15) is 5.10 Å². The van der Waals surface area contributed by atoms with Gasteiger partial charge in [0.15, 0.2) is 5.82 Å². The number of anilines is 1. The fraction of sp³-hybridized carbons (Fsp3) is 0.412. The number of benzene rings is 1. The Bertz CT molecular complexity index is 725. The summed E-state index contributed by atoms with van der Waals surface area (Å²) in [5.41, 5.74) is 1.27. The SMILES string of the molecule is CCC(C)C(C)NC(=O)C(=O)Nc1cccc(-c2n[nH]c(C)n2)c1. The Morgan fingerprint density at radius 1 is 1.25 bits per heavy atom. The van der Waals surface area contributed by atoms with Crippen molar-refractivity contribution in [2.75, 3.05) is 5.32 Å². The van der Waals surface area contributed by atoms with Crippen LogP contribution in [0.25, 0.3) is 11.4 Å². The van der Waals surface area contributed by atoms with Crippen LogP contribution < -0.4 is 10.6 Å². The van der Waals surface area contributed by atoms with Gasteiger partial charge < -0.3 is 10.6 Å². The summed E-state index contributed by atoms with van der Waals surface area (Å²) in [6.45, 7) is 7.78. The van der Waals surface area contributed by atoms with Crippen molar-refractivity contribution in [2.45, 2.75) is 40.2 Å². The van der Waals surface area contributed by atoms with Gasteiger partial charge in [0, 0.05) is 17.3 Å². The highest BCUT2D eigenvalue weighted by Crippen LogP contribution is 2.19. The van der Waals surface area contributed by atoms with E-state index >= 15 is 0 Å². The van der Waals surface area contributed by atoms with Crippen LogP contribution in [0.3, 0.4) is 0 Å². The summed E-state index contributed by atoms with van der Waals surface area (Å²) in [6, 6.07) is 6.99. The molecule has 0 aliphatic rings. The number of hydrogen-bond acceptors (Lipinski definition) is 4. The highest BCUT2D eigenvalue weighted by atomic mass is 16.2. The van der Waals surface area contributed by atoms with Crippen LogP contribution in [0.5, 0.6) is 0 Å². The van der Waals surface area contributed by atoms with E-state index in [9.17, 15) is 9.59 Å². The fourth-order valence-electron chi connectivity index (χ4n) is 2.16. The maximum Gasteiger partial charge on any atom is 0.313 e. The Morgan fingerprint density at radius 2 is 2.00 bits per heavy atom. The van der Waals surface area contributed by atoms with Gasteiger partial charge in [0.05, 0.1) is 0 Å². The monoisotopic (exact) mass is 329 g/mol. The van der Waals surface area contributed by atoms with Crippen molar-refractivity contribution >= 4 is 17.5 Å². The first-order chi connectivity index (χ1) is 11.4. The molecule has 0 fully saturated rings. The summed E-state index contributed by atoms with van der Waals surface area (Å²) < 4.78 is 0. The number of H-pyrrole nitrogens is 1. The van der Waals surface area contributed by atoms with Crippen molar-refractivity contribution in [3.05, 3.63) is 30.1 Å². The number of carbonyl (C=O) groups excluding carboxylic acids is 2. The molecule has 0 saturated carbocycles. The summed E-state index contributed by atoms with van der Waals surface area (Å²) in [5.74, 6) is 0.228. The number of rotatable bonds is 5. The number of carbonyl (C=O) groups is 2. The van der Waals surface area contributed by atoms with Gasteiger partial charge in [-0.3, -0.25) is 14.7 Å². The lowest BCUT2D eigenvalue weighted by Gasteiger charge is -2.19. The van der Waals surface area contributed by atoms with E-state index in [0.29, 0.717) is 23.3 Å². The minimum Gasteiger partial charge on any atom is -0.345 e. The zero-order valence-electron chi connectivity index (χ0n) is 14.4. The largest absolute Gasteiger partial charge is 0.345 e. The Hall–Kier alpha value is -2.70. The smallest absolute Gasteiger partial charge is 0.313 e. The molecular formula is C17H23N5O2. The van der Waals surface area contributed by atoms with E-state index in [1.54, 1.807) is 18.2 Å². The molecule has 128 valence electrons. The number of nitrogens with one attached hydrogen (secondary N) is 3. The maximum atomic E-state index is 12.1. The van der Waals surface area contributed by atoms with Gasteiger partial charge in [-0.05, 0) is 31.9 Å². The summed E-state index contributed by atoms with van der Waals surface area (Å²) in [4.78, 5) is 28.3. The molecule has 2 aromatic rings. The average Bonchev–Trinajstić information content (AvgIpc) is 3.00. The molecule has 1 heterocycles. The molecule has 7 nitrogen and oxygen atoms in total. The standard InChI is InChI=1S/C17H23N5O2/c1-5-10(2)11(3)18-16(23)17(24)20-14-8-6-7-13(9-14)15-19-12(4)21-22-15/h6-11H,5H2,1-4H3,(H,18,23)(H,20,24)(H,19,21,22). The van der Waals surface area contributed by atoms with E-state index in [1.165, 1.54) is 0 Å². The number of aromatic nitrogens is 3. The second kappa shape index (κ2) is 7.72. The summed E-state index contributed by atoms with van der Waals surface area (Å²) >= 11 is 0. The van der Waals surface area contributed by atoms with Crippen LogP contribution in [-0.4, -0.2) is 33.0 Å². The number of hydrogen-bond donors (Lipinski definition) is 3. The molecule has 2 rings (SSSR count). The molecule has 3 N–H and O–H groups in total. The normalized spacial score (nSPS) is 13.2. The van der Waals surface area contributed by atoms with Crippen LogP contribution in [-0.2, 0) is 9.59 Å². The third-order valence-corrected chi connectivity index (χ3v) is 4.04. The third-order valence-electron chi connectivity index (χ3n) is 4.04. The molecule has 1 aromatic heterocycles. The van der Waals surface area contributed by atoms with E-state index in [-0.39, 0.29) is 6.04 Å². The first kappa shape index (κ1) is 17.7. The Morgan fingerprint density at radius 3 is 2.62 bits per heavy atom. The lowest BCUT2D eigenvalue weighted by Crippen LogP contribution is -2.43. The van der Waals surface area contributed by atoms with E-state index in [2.05, 4.69) is 25.8 Å². The highest BCUT2D eigenvalue weighted by Gasteiger charge is 2.19. The molecule has 2 amide bonds. The van der Waals surface area contributed by atoms with Gasteiger partial charge in [0.2, 0.25) is 0 Å². The van der Waals surface area contributed by atoms with Crippen molar-refractivity contribution in [3.8, 4) is 11.4 Å². The molecule has 1 aromatic carbocycles. The molecule has 2 atom stereocenters. The maximum absolute atomic E-state index is 12.1. The molecule has 7 heteroatoms. The molecular weight excluding hydrogens is 306 g/mol. The summed E-state index contributed by atoms with van der Waals surface area (Å²) in [7, 11) is 0. The predicted octanol–water partition coefficient (Wildman–Crippen LogP) is 2.27. The summed E-state index contributed by atoms with van der Waals surface area (Å²) in [6.07, 6.45) is 0.932. The number of aromatic amines is 1. The molecule has 0 aliphatic heterocycles. The first-order valence-corrected chi connectivity index (χ1v) is 8.02. The zero-order chi connectivity index (χ0) is 17.7. The Kier molecular flexibility index (Phi) is 5.68. The number of aryl methyl sites for hydroxylation is 1. The number of amides is 2. The van der Waals surface area contributed by atoms with Crippen molar-refractivity contribution in [2.24, 2.45) is 5.92 Å². The van der Waals surface area contributed by atoms with E-state index < -0.39 is 11.8 Å². The Balaban J connectivity index is 2.03. The molecule has 2 unspecified atom stereocenters. The van der Waals surface area contributed by atoms with Crippen LogP contribution in [0.15, 0.2) is 24.3 Å². The third kappa shape index (κ3) is 4.41. The minimum atomic E-state index is -0.687. The van der Waals surface area contributed by atoms with Gasteiger partial charge in [0.1, 0.15) is 5.82 Å². The van der Waals surface area contributed by atoms with Crippen molar-refractivity contribution in [3.63, 3.8) is 0 Å². The topological polar surface area (TPSA) is 99.8 Å². The molecule has 24 heavy (non-hydrogen) atoms. The molecule has 0 bridgehead atoms. The van der Waals surface area contributed by atoms with Crippen molar-refractivity contribution in [1.29, 1.82) is 0 Å². The van der Waals surface area contributed by atoms with Crippen LogP contribution in [0.1, 0.15) is 33.0 Å². The Labute approximate surface area is 141 Å². The van der Waals surface area contributed by atoms with E-state index in [1.807, 2.05) is 33.8 Å². The highest BCUT2D eigenvalue weighted by molar-refractivity contribution is 6.39. The first-order valence-electron chi connectivity index (χ1n) is 8.02. The van der Waals surface area contributed by atoms with Gasteiger partial charge >= 0.3 is 11.8 Å². The lowest BCUT2D eigenvalue weighted by molar-refractivity contribution is -0.136. The van der Waals surface area contributed by atoms with Gasteiger partial charge in [-0.25, -0.2) is 4.98 Å². The lowest BCUT2D eigenvalue weighted by atomic mass is 10.0. The number of nitrogens with zero attached hydrogens (tertiary/aromatic N) is 2. The summed E-state index contributed by atoms with van der Waals surface area (Å²) in [5, 5.41) is 12.2. The van der Waals surface area contributed by atoms with Crippen LogP contribution in [0.4, 0.5) is 5.69 Å². The molecule has 0 aliphatic carbocycles.